The van der Waals surface area contributed by atoms with Crippen molar-refractivity contribution in [3.8, 4) is 6.07 Å². The largest absolute Gasteiger partial charge is 0.465 e. The third-order valence-electron chi connectivity index (χ3n) is 1.63. The SMILES string of the molecule is CC(/C=C/c1ccco1)=N/NC(=O)CC#N. The van der Waals surface area contributed by atoms with E-state index < -0.39 is 5.91 Å². The Balaban J connectivity index is 2.46. The number of carbonyl (C=O) groups excluding carboxylic acids is 1. The summed E-state index contributed by atoms with van der Waals surface area (Å²) in [7, 11) is 0. The zero-order valence-corrected chi connectivity index (χ0v) is 8.80. The molecule has 0 aromatic carbocycles. The summed E-state index contributed by atoms with van der Waals surface area (Å²) in [5.41, 5.74) is 2.87. The van der Waals surface area contributed by atoms with Crippen LogP contribution in [-0.2, 0) is 4.79 Å². The van der Waals surface area contributed by atoms with E-state index in [4.69, 9.17) is 9.68 Å². The standard InChI is InChI=1S/C11H11N3O2/c1-9(13-14-11(15)6-7-12)4-5-10-3-2-8-16-10/h2-5,8H,6H2,1H3,(H,14,15)/b5-4+,13-9-. The number of carbonyl (C=O) groups is 1. The summed E-state index contributed by atoms with van der Waals surface area (Å²) in [5, 5.41) is 12.0. The monoisotopic (exact) mass is 217 g/mol. The molecule has 0 atom stereocenters. The number of hydrazone groups is 1. The molecule has 0 fully saturated rings. The summed E-state index contributed by atoms with van der Waals surface area (Å²) >= 11 is 0. The van der Waals surface area contributed by atoms with Gasteiger partial charge in [0.15, 0.2) is 0 Å². The van der Waals surface area contributed by atoms with Crippen LogP contribution in [0.1, 0.15) is 19.1 Å². The van der Waals surface area contributed by atoms with Gasteiger partial charge < -0.3 is 4.42 Å². The molecule has 0 radical (unpaired) electrons. The van der Waals surface area contributed by atoms with Crippen molar-refractivity contribution in [2.45, 2.75) is 13.3 Å². The second-order valence-corrected chi connectivity index (χ2v) is 2.97. The molecule has 0 aliphatic heterocycles. The van der Waals surface area contributed by atoms with Gasteiger partial charge in [0.1, 0.15) is 12.2 Å². The molecule has 0 aliphatic rings. The average Bonchev–Trinajstić information content (AvgIpc) is 2.77. The highest BCUT2D eigenvalue weighted by molar-refractivity contribution is 5.96. The Kier molecular flexibility index (Phi) is 4.54. The number of furan rings is 1. The predicted octanol–water partition coefficient (Wildman–Crippen LogP) is 1.70. The molecule has 0 bridgehead atoms. The maximum absolute atomic E-state index is 10.9. The van der Waals surface area contributed by atoms with Crippen LogP contribution in [0, 0.1) is 11.3 Å². The molecule has 0 saturated carbocycles. The lowest BCUT2D eigenvalue weighted by molar-refractivity contribution is -0.120. The molecule has 0 unspecified atom stereocenters. The molecule has 82 valence electrons. The van der Waals surface area contributed by atoms with Crippen LogP contribution in [0.5, 0.6) is 0 Å². The van der Waals surface area contributed by atoms with E-state index in [1.54, 1.807) is 43.5 Å². The van der Waals surface area contributed by atoms with E-state index in [0.29, 0.717) is 11.5 Å². The van der Waals surface area contributed by atoms with E-state index in [1.807, 2.05) is 0 Å². The molecule has 1 amide bonds. The summed E-state index contributed by atoms with van der Waals surface area (Å²) in [6.45, 7) is 1.73. The van der Waals surface area contributed by atoms with Gasteiger partial charge in [-0.3, -0.25) is 4.79 Å². The molecule has 5 heteroatoms. The molecule has 1 N–H and O–H groups in total. The number of amides is 1. The van der Waals surface area contributed by atoms with Crippen molar-refractivity contribution in [2.24, 2.45) is 5.10 Å². The first-order valence-corrected chi connectivity index (χ1v) is 4.64. The number of nitrogens with one attached hydrogen (secondary N) is 1. The molecule has 0 saturated heterocycles. The molecular formula is C11H11N3O2. The number of allylic oxidation sites excluding steroid dienone is 1. The zero-order valence-electron chi connectivity index (χ0n) is 8.80. The fourth-order valence-corrected chi connectivity index (χ4v) is 0.888. The Morgan fingerprint density at radius 3 is 3.19 bits per heavy atom. The first kappa shape index (κ1) is 11.7. The van der Waals surface area contributed by atoms with E-state index in [1.165, 1.54) is 0 Å². The molecule has 16 heavy (non-hydrogen) atoms. The van der Waals surface area contributed by atoms with Crippen LogP contribution in [0.25, 0.3) is 6.08 Å². The van der Waals surface area contributed by atoms with Crippen LogP contribution in [-0.4, -0.2) is 11.6 Å². The average molecular weight is 217 g/mol. The molecule has 0 aliphatic carbocycles. The van der Waals surface area contributed by atoms with Crippen LogP contribution in [0.4, 0.5) is 0 Å². The van der Waals surface area contributed by atoms with Gasteiger partial charge in [0, 0.05) is 0 Å². The van der Waals surface area contributed by atoms with Crippen LogP contribution < -0.4 is 5.43 Å². The summed E-state index contributed by atoms with van der Waals surface area (Å²) < 4.78 is 5.08. The van der Waals surface area contributed by atoms with Crippen LogP contribution >= 0.6 is 0 Å². The van der Waals surface area contributed by atoms with E-state index in [9.17, 15) is 4.79 Å². The number of hydrogen-bond acceptors (Lipinski definition) is 4. The van der Waals surface area contributed by atoms with Gasteiger partial charge in [-0.25, -0.2) is 5.43 Å². The Morgan fingerprint density at radius 1 is 1.75 bits per heavy atom. The third kappa shape index (κ3) is 4.24. The van der Waals surface area contributed by atoms with Gasteiger partial charge in [0.25, 0.3) is 5.91 Å². The lowest BCUT2D eigenvalue weighted by Gasteiger charge is -1.94. The summed E-state index contributed by atoms with van der Waals surface area (Å²) in [6.07, 6.45) is 4.81. The fourth-order valence-electron chi connectivity index (χ4n) is 0.888. The van der Waals surface area contributed by atoms with Gasteiger partial charge >= 0.3 is 0 Å². The summed E-state index contributed by atoms with van der Waals surface area (Å²) in [4.78, 5) is 10.9. The summed E-state index contributed by atoms with van der Waals surface area (Å²) in [6, 6.07) is 5.31. The molecule has 1 rings (SSSR count). The van der Waals surface area contributed by atoms with Crippen molar-refractivity contribution in [3.05, 3.63) is 30.2 Å². The lowest BCUT2D eigenvalue weighted by Crippen LogP contribution is -2.17. The molecule has 5 nitrogen and oxygen atoms in total. The minimum atomic E-state index is -0.423. The normalized spacial score (nSPS) is 11.4. The van der Waals surface area contributed by atoms with E-state index >= 15 is 0 Å². The first-order chi connectivity index (χ1) is 7.72. The van der Waals surface area contributed by atoms with E-state index in [-0.39, 0.29) is 6.42 Å². The van der Waals surface area contributed by atoms with Gasteiger partial charge in [0.2, 0.25) is 0 Å². The molecule has 0 spiro atoms. The predicted molar refractivity (Wildman–Crippen MR) is 59.2 cm³/mol. The minimum Gasteiger partial charge on any atom is -0.465 e. The second-order valence-electron chi connectivity index (χ2n) is 2.97. The van der Waals surface area contributed by atoms with Gasteiger partial charge in [-0.15, -0.1) is 0 Å². The van der Waals surface area contributed by atoms with Gasteiger partial charge in [-0.05, 0) is 31.2 Å². The smallest absolute Gasteiger partial charge is 0.254 e. The highest BCUT2D eigenvalue weighted by Gasteiger charge is 1.96. The van der Waals surface area contributed by atoms with Crippen LogP contribution in [0.15, 0.2) is 34.0 Å². The van der Waals surface area contributed by atoms with Crippen molar-refractivity contribution < 1.29 is 9.21 Å². The van der Waals surface area contributed by atoms with Crippen molar-refractivity contribution >= 4 is 17.7 Å². The second kappa shape index (κ2) is 6.19. The van der Waals surface area contributed by atoms with Crippen molar-refractivity contribution in [1.29, 1.82) is 5.26 Å². The maximum atomic E-state index is 10.9. The number of rotatable bonds is 4. The van der Waals surface area contributed by atoms with Gasteiger partial charge in [-0.2, -0.15) is 10.4 Å². The highest BCUT2D eigenvalue weighted by Crippen LogP contribution is 2.02. The summed E-state index contributed by atoms with van der Waals surface area (Å²) in [5.74, 6) is 0.283. The van der Waals surface area contributed by atoms with Gasteiger partial charge in [0.05, 0.1) is 18.0 Å². The topological polar surface area (TPSA) is 78.4 Å². The van der Waals surface area contributed by atoms with Crippen LogP contribution in [0.2, 0.25) is 0 Å². The zero-order chi connectivity index (χ0) is 11.8. The van der Waals surface area contributed by atoms with E-state index in [2.05, 4.69) is 10.5 Å². The fraction of sp³-hybridized carbons (Fsp3) is 0.182. The first-order valence-electron chi connectivity index (χ1n) is 4.64. The Hall–Kier alpha value is -2.35. The third-order valence-corrected chi connectivity index (χ3v) is 1.63. The number of hydrogen-bond donors (Lipinski definition) is 1. The maximum Gasteiger partial charge on any atom is 0.254 e. The molecular weight excluding hydrogens is 206 g/mol. The lowest BCUT2D eigenvalue weighted by atomic mass is 10.3. The van der Waals surface area contributed by atoms with Crippen molar-refractivity contribution in [2.75, 3.05) is 0 Å². The highest BCUT2D eigenvalue weighted by atomic mass is 16.3. The minimum absolute atomic E-state index is 0.196. The number of nitriles is 1. The van der Waals surface area contributed by atoms with Crippen LogP contribution in [0.3, 0.4) is 0 Å². The number of nitrogens with zero attached hydrogens (tertiary/aromatic N) is 2. The van der Waals surface area contributed by atoms with Gasteiger partial charge in [-0.1, -0.05) is 0 Å². The molecule has 1 aromatic rings. The Bertz CT molecular complexity index is 438. The quantitative estimate of drug-likeness (QED) is 0.615. The molecule has 1 aromatic heterocycles. The Morgan fingerprint density at radius 2 is 2.56 bits per heavy atom. The van der Waals surface area contributed by atoms with Crippen molar-refractivity contribution in [3.63, 3.8) is 0 Å². The van der Waals surface area contributed by atoms with Crippen molar-refractivity contribution in [1.82, 2.24) is 5.43 Å². The van der Waals surface area contributed by atoms with E-state index in [0.717, 1.165) is 0 Å². The Labute approximate surface area is 93.1 Å². The molecule has 1 heterocycles.